The summed E-state index contributed by atoms with van der Waals surface area (Å²) in [6, 6.07) is 15.6. The number of carbonyl (C=O) groups excluding carboxylic acids is 1. The van der Waals surface area contributed by atoms with Gasteiger partial charge in [-0.05, 0) is 43.2 Å². The topological polar surface area (TPSA) is 75.7 Å². The van der Waals surface area contributed by atoms with E-state index in [4.69, 9.17) is 4.74 Å². The molecule has 6 nitrogen and oxygen atoms in total. The van der Waals surface area contributed by atoms with Crippen molar-refractivity contribution in [3.63, 3.8) is 0 Å². The van der Waals surface area contributed by atoms with Gasteiger partial charge in [-0.25, -0.2) is 13.2 Å². The van der Waals surface area contributed by atoms with Crippen LogP contribution in [0.3, 0.4) is 0 Å². The van der Waals surface area contributed by atoms with Gasteiger partial charge in [-0.2, -0.15) is 0 Å². The molecule has 25 heavy (non-hydrogen) atoms. The van der Waals surface area contributed by atoms with E-state index in [1.165, 1.54) is 11.4 Å². The van der Waals surface area contributed by atoms with Crippen LogP contribution in [0.5, 0.6) is 0 Å². The first-order valence-corrected chi connectivity index (χ1v) is 9.42. The largest absolute Gasteiger partial charge is 0.450 e. The first-order chi connectivity index (χ1) is 11.9. The van der Waals surface area contributed by atoms with Crippen LogP contribution < -0.4 is 9.62 Å². The summed E-state index contributed by atoms with van der Waals surface area (Å²) in [6.45, 7) is 2.49. The summed E-state index contributed by atoms with van der Waals surface area (Å²) in [6.07, 6.45) is 0.138. The molecule has 7 heteroatoms. The predicted octanol–water partition coefficient (Wildman–Crippen LogP) is 2.80. The first-order valence-electron chi connectivity index (χ1n) is 7.98. The minimum atomic E-state index is -3.61. The highest BCUT2D eigenvalue weighted by atomic mass is 32.2. The van der Waals surface area contributed by atoms with E-state index in [-0.39, 0.29) is 4.90 Å². The molecule has 0 unspecified atom stereocenters. The lowest BCUT2D eigenvalue weighted by Crippen LogP contribution is -2.27. The van der Waals surface area contributed by atoms with E-state index in [0.717, 1.165) is 5.56 Å². The second kappa shape index (κ2) is 8.53. The first kappa shape index (κ1) is 18.8. The van der Waals surface area contributed by atoms with E-state index >= 15 is 0 Å². The molecule has 2 aromatic rings. The summed E-state index contributed by atoms with van der Waals surface area (Å²) in [4.78, 5) is 11.4. The smallest absolute Gasteiger partial charge is 0.407 e. The van der Waals surface area contributed by atoms with Crippen LogP contribution in [0.1, 0.15) is 12.5 Å². The van der Waals surface area contributed by atoms with Crippen LogP contribution in [-0.4, -0.2) is 34.7 Å². The molecule has 2 aromatic carbocycles. The Balaban J connectivity index is 2.02. The molecule has 2 rings (SSSR count). The van der Waals surface area contributed by atoms with Gasteiger partial charge in [0.25, 0.3) is 10.0 Å². The Bertz CT molecular complexity index is 790. The lowest BCUT2D eigenvalue weighted by Gasteiger charge is -2.19. The lowest BCUT2D eigenvalue weighted by molar-refractivity contribution is 0.152. The Hall–Kier alpha value is -2.54. The average Bonchev–Trinajstić information content (AvgIpc) is 2.62. The fourth-order valence-electron chi connectivity index (χ4n) is 2.25. The monoisotopic (exact) mass is 362 g/mol. The zero-order chi connectivity index (χ0) is 18.3. The molecule has 1 N–H and O–H groups in total. The minimum Gasteiger partial charge on any atom is -0.450 e. The minimum absolute atomic E-state index is 0.223. The van der Waals surface area contributed by atoms with E-state index in [9.17, 15) is 13.2 Å². The lowest BCUT2D eigenvalue weighted by atomic mass is 10.1. The number of rotatable bonds is 7. The standard InChI is InChI=1S/C18H22N2O4S/c1-3-24-18(21)19-14-13-15-9-11-17(12-10-15)25(22,23)20(2)16-7-5-4-6-8-16/h4-12H,3,13-14H2,1-2H3,(H,19,21). The summed E-state index contributed by atoms with van der Waals surface area (Å²) in [5, 5.41) is 2.63. The Kier molecular flexibility index (Phi) is 6.41. The van der Waals surface area contributed by atoms with Crippen molar-refractivity contribution >= 4 is 21.8 Å². The van der Waals surface area contributed by atoms with Gasteiger partial charge in [-0.15, -0.1) is 0 Å². The number of nitrogens with zero attached hydrogens (tertiary/aromatic N) is 1. The third-order valence-electron chi connectivity index (χ3n) is 3.66. The van der Waals surface area contributed by atoms with Crippen molar-refractivity contribution in [1.29, 1.82) is 0 Å². The van der Waals surface area contributed by atoms with E-state index in [2.05, 4.69) is 5.32 Å². The van der Waals surface area contributed by atoms with Gasteiger partial charge in [-0.3, -0.25) is 4.31 Å². The second-order valence-electron chi connectivity index (χ2n) is 5.35. The maximum Gasteiger partial charge on any atom is 0.407 e. The van der Waals surface area contributed by atoms with Crippen LogP contribution in [0.25, 0.3) is 0 Å². The maximum absolute atomic E-state index is 12.7. The molecule has 0 aliphatic carbocycles. The van der Waals surface area contributed by atoms with Crippen molar-refractivity contribution in [2.75, 3.05) is 24.5 Å². The molecule has 0 saturated heterocycles. The summed E-state index contributed by atoms with van der Waals surface area (Å²) < 4.78 is 31.4. The van der Waals surface area contributed by atoms with Crippen LogP contribution >= 0.6 is 0 Å². The van der Waals surface area contributed by atoms with Crippen LogP contribution in [0.15, 0.2) is 59.5 Å². The molecule has 0 aromatic heterocycles. The van der Waals surface area contributed by atoms with Crippen LogP contribution in [0.4, 0.5) is 10.5 Å². The van der Waals surface area contributed by atoms with Crippen molar-refractivity contribution in [3.05, 3.63) is 60.2 Å². The van der Waals surface area contributed by atoms with E-state index in [0.29, 0.717) is 25.3 Å². The number of para-hydroxylation sites is 1. The number of sulfonamides is 1. The van der Waals surface area contributed by atoms with Gasteiger partial charge in [0.15, 0.2) is 0 Å². The Labute approximate surface area is 148 Å². The predicted molar refractivity (Wildman–Crippen MR) is 97.2 cm³/mol. The van der Waals surface area contributed by atoms with E-state index < -0.39 is 16.1 Å². The van der Waals surface area contributed by atoms with Gasteiger partial charge in [0, 0.05) is 13.6 Å². The molecule has 0 bridgehead atoms. The quantitative estimate of drug-likeness (QED) is 0.822. The van der Waals surface area contributed by atoms with Crippen molar-refractivity contribution in [2.45, 2.75) is 18.2 Å². The number of amides is 1. The van der Waals surface area contributed by atoms with Gasteiger partial charge in [-0.1, -0.05) is 30.3 Å². The molecule has 0 radical (unpaired) electrons. The number of alkyl carbamates (subject to hydrolysis) is 1. The average molecular weight is 362 g/mol. The highest BCUT2D eigenvalue weighted by Crippen LogP contribution is 2.21. The molecule has 0 atom stereocenters. The van der Waals surface area contributed by atoms with Crippen molar-refractivity contribution < 1.29 is 17.9 Å². The van der Waals surface area contributed by atoms with Crippen molar-refractivity contribution in [3.8, 4) is 0 Å². The molecular formula is C18H22N2O4S. The second-order valence-corrected chi connectivity index (χ2v) is 7.32. The number of nitrogens with one attached hydrogen (secondary N) is 1. The summed E-state index contributed by atoms with van der Waals surface area (Å²) >= 11 is 0. The number of benzene rings is 2. The number of anilines is 1. The fourth-order valence-corrected chi connectivity index (χ4v) is 3.45. The summed E-state index contributed by atoms with van der Waals surface area (Å²) in [5.41, 5.74) is 1.53. The summed E-state index contributed by atoms with van der Waals surface area (Å²) in [5.74, 6) is 0. The molecule has 0 aliphatic rings. The molecule has 0 heterocycles. The van der Waals surface area contributed by atoms with Crippen LogP contribution in [0, 0.1) is 0 Å². The van der Waals surface area contributed by atoms with Crippen molar-refractivity contribution in [2.24, 2.45) is 0 Å². The molecule has 1 amide bonds. The molecule has 0 spiro atoms. The SMILES string of the molecule is CCOC(=O)NCCc1ccc(S(=O)(=O)N(C)c2ccccc2)cc1. The van der Waals surface area contributed by atoms with Crippen molar-refractivity contribution in [1.82, 2.24) is 5.32 Å². The molecule has 0 saturated carbocycles. The summed E-state index contributed by atoms with van der Waals surface area (Å²) in [7, 11) is -2.08. The molecule has 0 fully saturated rings. The molecule has 0 aliphatic heterocycles. The van der Waals surface area contributed by atoms with Gasteiger partial charge in [0.05, 0.1) is 17.2 Å². The highest BCUT2D eigenvalue weighted by Gasteiger charge is 2.20. The van der Waals surface area contributed by atoms with E-state index in [1.54, 1.807) is 55.5 Å². The van der Waals surface area contributed by atoms with Gasteiger partial charge < -0.3 is 10.1 Å². The maximum atomic E-state index is 12.7. The van der Waals surface area contributed by atoms with Crippen LogP contribution in [-0.2, 0) is 21.2 Å². The zero-order valence-electron chi connectivity index (χ0n) is 14.3. The normalized spacial score (nSPS) is 11.0. The Morgan fingerprint density at radius 1 is 1.08 bits per heavy atom. The van der Waals surface area contributed by atoms with Crippen LogP contribution in [0.2, 0.25) is 0 Å². The van der Waals surface area contributed by atoms with Gasteiger partial charge >= 0.3 is 6.09 Å². The number of carbonyl (C=O) groups is 1. The third kappa shape index (κ3) is 4.96. The number of ether oxygens (including phenoxy) is 1. The zero-order valence-corrected chi connectivity index (χ0v) is 15.1. The number of hydrogen-bond donors (Lipinski definition) is 1. The fraction of sp³-hybridized carbons (Fsp3) is 0.278. The van der Waals surface area contributed by atoms with Gasteiger partial charge in [0.2, 0.25) is 0 Å². The van der Waals surface area contributed by atoms with Gasteiger partial charge in [0.1, 0.15) is 0 Å². The highest BCUT2D eigenvalue weighted by molar-refractivity contribution is 7.92. The number of hydrogen-bond acceptors (Lipinski definition) is 4. The third-order valence-corrected chi connectivity index (χ3v) is 5.46. The Morgan fingerprint density at radius 3 is 2.32 bits per heavy atom. The molecular weight excluding hydrogens is 340 g/mol. The molecule has 134 valence electrons. The Morgan fingerprint density at radius 2 is 1.72 bits per heavy atom. The van der Waals surface area contributed by atoms with E-state index in [1.807, 2.05) is 6.07 Å².